The molecule has 3 aromatic rings. The van der Waals surface area contributed by atoms with Gasteiger partial charge in [-0.2, -0.15) is 0 Å². The molecule has 0 saturated carbocycles. The first-order valence-electron chi connectivity index (χ1n) is 14.4. The summed E-state index contributed by atoms with van der Waals surface area (Å²) >= 11 is 0. The summed E-state index contributed by atoms with van der Waals surface area (Å²) < 4.78 is 53.6. The van der Waals surface area contributed by atoms with Crippen LogP contribution in [0.25, 0.3) is 11.1 Å². The molecule has 1 fully saturated rings. The van der Waals surface area contributed by atoms with Crippen molar-refractivity contribution < 1.29 is 27.8 Å². The van der Waals surface area contributed by atoms with Crippen molar-refractivity contribution in [2.75, 3.05) is 32.9 Å². The SMILES string of the molecule is CCOc1ncc(C2=C(c3ccc(O[C@H]4CCN(CCCF)C4)cc3)c3ccc(O)cc3CCC2)cc1C(C)(F)F. The lowest BCUT2D eigenvalue weighted by Gasteiger charge is -2.20. The first-order chi connectivity index (χ1) is 19.8. The number of halogens is 3. The molecule has 0 unspecified atom stereocenters. The van der Waals surface area contributed by atoms with Crippen LogP contribution in [0.3, 0.4) is 0 Å². The van der Waals surface area contributed by atoms with Crippen LogP contribution in [0.15, 0.2) is 54.7 Å². The van der Waals surface area contributed by atoms with Crippen molar-refractivity contribution in [3.8, 4) is 17.4 Å². The quantitative estimate of drug-likeness (QED) is 0.277. The van der Waals surface area contributed by atoms with E-state index in [-0.39, 0.29) is 36.6 Å². The van der Waals surface area contributed by atoms with Gasteiger partial charge in [-0.3, -0.25) is 9.29 Å². The molecule has 1 atom stereocenters. The Morgan fingerprint density at radius 1 is 1.07 bits per heavy atom. The molecule has 0 radical (unpaired) electrons. The third-order valence-electron chi connectivity index (χ3n) is 7.77. The molecule has 2 aliphatic rings. The third-order valence-corrected chi connectivity index (χ3v) is 7.77. The molecular formula is C33H37F3N2O3. The first-order valence-corrected chi connectivity index (χ1v) is 14.4. The number of phenols is 1. The largest absolute Gasteiger partial charge is 0.508 e. The molecule has 1 saturated heterocycles. The van der Waals surface area contributed by atoms with Crippen LogP contribution in [-0.4, -0.2) is 54.0 Å². The van der Waals surface area contributed by atoms with E-state index in [1.807, 2.05) is 30.3 Å². The van der Waals surface area contributed by atoms with Gasteiger partial charge in [0.2, 0.25) is 5.88 Å². The van der Waals surface area contributed by atoms with E-state index in [4.69, 9.17) is 9.47 Å². The molecule has 5 nitrogen and oxygen atoms in total. The molecule has 1 aromatic heterocycles. The zero-order valence-corrected chi connectivity index (χ0v) is 23.6. The highest BCUT2D eigenvalue weighted by molar-refractivity contribution is 6.00. The van der Waals surface area contributed by atoms with Crippen LogP contribution in [0, 0.1) is 0 Å². The summed E-state index contributed by atoms with van der Waals surface area (Å²) in [6, 6.07) is 14.7. The Bertz CT molecular complexity index is 1390. The number of pyridine rings is 1. The van der Waals surface area contributed by atoms with Crippen molar-refractivity contribution in [2.45, 2.75) is 58.0 Å². The molecule has 1 aliphatic heterocycles. The number of hydrogen-bond acceptors (Lipinski definition) is 5. The second-order valence-corrected chi connectivity index (χ2v) is 10.8. The molecule has 5 rings (SSSR count). The summed E-state index contributed by atoms with van der Waals surface area (Å²) in [5.74, 6) is -2.23. The van der Waals surface area contributed by atoms with Crippen LogP contribution in [0.5, 0.6) is 17.4 Å². The van der Waals surface area contributed by atoms with Crippen LogP contribution >= 0.6 is 0 Å². The fraction of sp³-hybridized carbons (Fsp3) is 0.424. The van der Waals surface area contributed by atoms with E-state index in [0.29, 0.717) is 18.4 Å². The number of aryl methyl sites for hydroxylation is 1. The number of fused-ring (bicyclic) bond motifs is 1. The lowest BCUT2D eigenvalue weighted by molar-refractivity contribution is 0.0139. The summed E-state index contributed by atoms with van der Waals surface area (Å²) in [5, 5.41) is 10.2. The van der Waals surface area contributed by atoms with Gasteiger partial charge >= 0.3 is 0 Å². The Morgan fingerprint density at radius 3 is 2.61 bits per heavy atom. The average Bonchev–Trinajstić information content (AvgIpc) is 3.31. The highest BCUT2D eigenvalue weighted by Crippen LogP contribution is 2.43. The number of likely N-dealkylation sites (tertiary alicyclic amines) is 1. The smallest absolute Gasteiger partial charge is 0.275 e. The number of aromatic nitrogens is 1. The number of phenolic OH excluding ortho intramolecular Hbond substituents is 1. The average molecular weight is 567 g/mol. The van der Waals surface area contributed by atoms with E-state index in [1.165, 1.54) is 6.07 Å². The number of aromatic hydroxyl groups is 1. The molecule has 2 heterocycles. The minimum atomic E-state index is -3.12. The monoisotopic (exact) mass is 566 g/mol. The second-order valence-electron chi connectivity index (χ2n) is 10.8. The number of alkyl halides is 3. The van der Waals surface area contributed by atoms with Crippen molar-refractivity contribution in [3.05, 3.63) is 82.5 Å². The molecule has 2 aromatic carbocycles. The van der Waals surface area contributed by atoms with Gasteiger partial charge in [-0.15, -0.1) is 0 Å². The third kappa shape index (κ3) is 6.70. The fourth-order valence-corrected chi connectivity index (χ4v) is 5.85. The normalized spacial score (nSPS) is 17.8. The second kappa shape index (κ2) is 12.6. The lowest BCUT2D eigenvalue weighted by atomic mass is 9.87. The number of allylic oxidation sites excluding steroid dienone is 1. The first kappa shape index (κ1) is 29.0. The van der Waals surface area contributed by atoms with Crippen molar-refractivity contribution in [2.24, 2.45) is 0 Å². The summed E-state index contributed by atoms with van der Waals surface area (Å²) in [7, 11) is 0. The van der Waals surface area contributed by atoms with Crippen molar-refractivity contribution in [1.82, 2.24) is 9.88 Å². The summed E-state index contributed by atoms with van der Waals surface area (Å²) in [6.45, 7) is 4.96. The summed E-state index contributed by atoms with van der Waals surface area (Å²) in [4.78, 5) is 6.54. The molecule has 0 amide bonds. The van der Waals surface area contributed by atoms with Crippen LogP contribution in [0.2, 0.25) is 0 Å². The number of rotatable bonds is 10. The van der Waals surface area contributed by atoms with Crippen molar-refractivity contribution in [1.29, 1.82) is 0 Å². The maximum absolute atomic E-state index is 14.7. The number of hydrogen-bond donors (Lipinski definition) is 1. The van der Waals surface area contributed by atoms with Gasteiger partial charge in [0.15, 0.2) is 0 Å². The number of ether oxygens (including phenoxy) is 2. The fourth-order valence-electron chi connectivity index (χ4n) is 5.85. The summed E-state index contributed by atoms with van der Waals surface area (Å²) in [6.07, 6.45) is 5.31. The van der Waals surface area contributed by atoms with Crippen molar-refractivity contribution in [3.63, 3.8) is 0 Å². The van der Waals surface area contributed by atoms with Gasteiger partial charge in [0.05, 0.1) is 18.8 Å². The van der Waals surface area contributed by atoms with Crippen LogP contribution in [0.1, 0.15) is 67.3 Å². The van der Waals surface area contributed by atoms with E-state index in [2.05, 4.69) is 9.88 Å². The Hall–Kier alpha value is -3.52. The molecule has 1 aliphatic carbocycles. The van der Waals surface area contributed by atoms with Gasteiger partial charge in [0.25, 0.3) is 5.92 Å². The van der Waals surface area contributed by atoms with E-state index >= 15 is 0 Å². The minimum absolute atomic E-state index is 0.0541. The molecule has 1 N–H and O–H groups in total. The highest BCUT2D eigenvalue weighted by Gasteiger charge is 2.31. The maximum Gasteiger partial charge on any atom is 0.275 e. The topological polar surface area (TPSA) is 54.8 Å². The van der Waals surface area contributed by atoms with Gasteiger partial charge in [-0.05, 0) is 103 Å². The van der Waals surface area contributed by atoms with Gasteiger partial charge in [0.1, 0.15) is 17.6 Å². The van der Waals surface area contributed by atoms with Gasteiger partial charge in [0, 0.05) is 32.8 Å². The predicted molar refractivity (Wildman–Crippen MR) is 154 cm³/mol. The highest BCUT2D eigenvalue weighted by atomic mass is 19.3. The van der Waals surface area contributed by atoms with Gasteiger partial charge in [-0.25, -0.2) is 13.8 Å². The molecule has 8 heteroatoms. The Labute approximate surface area is 239 Å². The number of nitrogens with zero attached hydrogens (tertiary/aromatic N) is 2. The van der Waals surface area contributed by atoms with E-state index in [1.54, 1.807) is 25.3 Å². The van der Waals surface area contributed by atoms with E-state index in [9.17, 15) is 18.3 Å². The van der Waals surface area contributed by atoms with Crippen LogP contribution in [0.4, 0.5) is 13.2 Å². The van der Waals surface area contributed by atoms with E-state index < -0.39 is 5.92 Å². The molecule has 41 heavy (non-hydrogen) atoms. The van der Waals surface area contributed by atoms with Crippen molar-refractivity contribution >= 4 is 11.1 Å². The zero-order valence-electron chi connectivity index (χ0n) is 23.6. The summed E-state index contributed by atoms with van der Waals surface area (Å²) in [5.41, 5.74) is 5.13. The van der Waals surface area contributed by atoms with E-state index in [0.717, 1.165) is 79.4 Å². The van der Waals surface area contributed by atoms with Crippen LogP contribution in [-0.2, 0) is 12.3 Å². The standard InChI is InChI=1S/C33H37F3N2O3/c1-3-40-32-30(33(2,35)36)19-24(20-37-32)28-7-4-6-23-18-25(39)10-13-29(23)31(28)22-8-11-26(12-9-22)41-27-14-17-38(21-27)16-5-15-34/h8-13,18-20,27,39H,3-7,14-17,21H2,1-2H3/t27-/m0/s1. The molecular weight excluding hydrogens is 529 g/mol. The molecule has 0 spiro atoms. The Balaban J connectivity index is 1.53. The molecule has 0 bridgehead atoms. The molecule has 218 valence electrons. The predicted octanol–water partition coefficient (Wildman–Crippen LogP) is 7.41. The Kier molecular flexibility index (Phi) is 8.88. The van der Waals surface area contributed by atoms with Gasteiger partial charge < -0.3 is 14.6 Å². The van der Waals surface area contributed by atoms with Crippen LogP contribution < -0.4 is 9.47 Å². The lowest BCUT2D eigenvalue weighted by Crippen LogP contribution is -2.26. The minimum Gasteiger partial charge on any atom is -0.508 e. The maximum atomic E-state index is 14.7. The number of benzene rings is 2. The Morgan fingerprint density at radius 2 is 1.88 bits per heavy atom. The van der Waals surface area contributed by atoms with Gasteiger partial charge in [-0.1, -0.05) is 18.2 Å². The zero-order chi connectivity index (χ0) is 29.0.